The van der Waals surface area contributed by atoms with Gasteiger partial charge in [-0.25, -0.2) is 10.5 Å². The third-order valence-corrected chi connectivity index (χ3v) is 2.85. The Bertz CT molecular complexity index is 532. The average Bonchev–Trinajstić information content (AvgIpc) is 3.02. The van der Waals surface area contributed by atoms with E-state index in [1.54, 1.807) is 17.1 Å². The minimum Gasteiger partial charge on any atom is -0.338 e. The van der Waals surface area contributed by atoms with Gasteiger partial charge in [-0.05, 0) is 6.07 Å². The molecule has 0 unspecified atom stereocenters. The summed E-state index contributed by atoms with van der Waals surface area (Å²) in [6.07, 6.45) is 3.45. The quantitative estimate of drug-likeness (QED) is 0.464. The number of anilines is 2. The monoisotopic (exact) mass is 261 g/mol. The first-order valence-electron chi connectivity index (χ1n) is 6.05. The molecule has 0 aromatic carbocycles. The van der Waals surface area contributed by atoms with Crippen LogP contribution < -0.4 is 21.5 Å². The third kappa shape index (κ3) is 2.46. The second-order valence-electron chi connectivity index (χ2n) is 4.09. The molecule has 3 rings (SSSR count). The van der Waals surface area contributed by atoms with Crippen molar-refractivity contribution in [3.05, 3.63) is 18.5 Å². The smallest absolute Gasteiger partial charge is 0.257 e. The van der Waals surface area contributed by atoms with Gasteiger partial charge in [-0.15, -0.1) is 0 Å². The highest BCUT2D eigenvalue weighted by atomic mass is 15.4. The number of hydrazine groups is 1. The van der Waals surface area contributed by atoms with Gasteiger partial charge in [0.2, 0.25) is 11.9 Å². The summed E-state index contributed by atoms with van der Waals surface area (Å²) >= 11 is 0. The Morgan fingerprint density at radius 1 is 1.16 bits per heavy atom. The Morgan fingerprint density at radius 3 is 2.63 bits per heavy atom. The first kappa shape index (κ1) is 11.8. The number of nitrogens with two attached hydrogens (primary N) is 1. The Morgan fingerprint density at radius 2 is 1.95 bits per heavy atom. The molecular formula is C10H15N9. The number of nitrogens with zero attached hydrogens (tertiary/aromatic N) is 6. The zero-order valence-electron chi connectivity index (χ0n) is 10.3. The van der Waals surface area contributed by atoms with Crippen LogP contribution in [0.3, 0.4) is 0 Å². The molecule has 2 aromatic heterocycles. The van der Waals surface area contributed by atoms with Crippen molar-refractivity contribution in [1.82, 2.24) is 30.0 Å². The topological polar surface area (TPSA) is 110 Å². The van der Waals surface area contributed by atoms with Crippen LogP contribution in [0.5, 0.6) is 0 Å². The van der Waals surface area contributed by atoms with E-state index < -0.39 is 0 Å². The summed E-state index contributed by atoms with van der Waals surface area (Å²) in [6.45, 7) is 3.53. The summed E-state index contributed by atoms with van der Waals surface area (Å²) in [4.78, 5) is 15.0. The lowest BCUT2D eigenvalue weighted by Gasteiger charge is -2.27. The molecule has 9 nitrogen and oxygen atoms in total. The van der Waals surface area contributed by atoms with Crippen molar-refractivity contribution in [2.75, 3.05) is 36.5 Å². The summed E-state index contributed by atoms with van der Waals surface area (Å²) in [5, 5.41) is 7.40. The van der Waals surface area contributed by atoms with E-state index in [9.17, 15) is 0 Å². The third-order valence-electron chi connectivity index (χ3n) is 2.85. The first-order chi connectivity index (χ1) is 9.36. The molecule has 0 aliphatic carbocycles. The van der Waals surface area contributed by atoms with E-state index in [4.69, 9.17) is 5.84 Å². The van der Waals surface area contributed by atoms with Crippen molar-refractivity contribution in [1.29, 1.82) is 0 Å². The number of hydrogen-bond acceptors (Lipinski definition) is 8. The predicted octanol–water partition coefficient (Wildman–Crippen LogP) is -1.25. The summed E-state index contributed by atoms with van der Waals surface area (Å²) in [5.74, 6) is 6.79. The average molecular weight is 261 g/mol. The van der Waals surface area contributed by atoms with Crippen molar-refractivity contribution in [3.63, 3.8) is 0 Å². The van der Waals surface area contributed by atoms with Crippen molar-refractivity contribution >= 4 is 11.9 Å². The van der Waals surface area contributed by atoms with E-state index in [0.717, 1.165) is 26.2 Å². The molecule has 1 aliphatic rings. The molecule has 0 atom stereocenters. The molecular weight excluding hydrogens is 246 g/mol. The van der Waals surface area contributed by atoms with Crippen molar-refractivity contribution in [2.24, 2.45) is 5.84 Å². The number of nitrogen functional groups attached to an aromatic ring is 1. The zero-order chi connectivity index (χ0) is 13.1. The number of nitrogens with one attached hydrogen (secondary N) is 2. The Labute approximate surface area is 109 Å². The number of aromatic nitrogens is 5. The Kier molecular flexibility index (Phi) is 3.21. The molecule has 1 aliphatic heterocycles. The SMILES string of the molecule is NNc1nc(N2CCNCC2)nc(-n2cccn2)n1. The number of hydrogen-bond donors (Lipinski definition) is 3. The first-order valence-corrected chi connectivity index (χ1v) is 6.05. The van der Waals surface area contributed by atoms with Crippen LogP contribution in [-0.4, -0.2) is 50.9 Å². The molecule has 0 bridgehead atoms. The number of rotatable bonds is 3. The van der Waals surface area contributed by atoms with Gasteiger partial charge in [-0.2, -0.15) is 20.1 Å². The fourth-order valence-corrected chi connectivity index (χ4v) is 1.91. The van der Waals surface area contributed by atoms with Gasteiger partial charge in [0.05, 0.1) is 0 Å². The molecule has 100 valence electrons. The molecule has 19 heavy (non-hydrogen) atoms. The highest BCUT2D eigenvalue weighted by Crippen LogP contribution is 2.12. The van der Waals surface area contributed by atoms with E-state index in [-0.39, 0.29) is 0 Å². The minimum absolute atomic E-state index is 0.328. The predicted molar refractivity (Wildman–Crippen MR) is 69.8 cm³/mol. The lowest BCUT2D eigenvalue weighted by Crippen LogP contribution is -2.44. The van der Waals surface area contributed by atoms with Gasteiger partial charge in [-0.3, -0.25) is 5.43 Å². The summed E-state index contributed by atoms with van der Waals surface area (Å²) in [7, 11) is 0. The maximum Gasteiger partial charge on any atom is 0.257 e. The van der Waals surface area contributed by atoms with Gasteiger partial charge in [0.25, 0.3) is 5.95 Å². The fourth-order valence-electron chi connectivity index (χ4n) is 1.91. The lowest BCUT2D eigenvalue weighted by molar-refractivity contribution is 0.577. The Hall–Kier alpha value is -2.26. The maximum absolute atomic E-state index is 5.41. The van der Waals surface area contributed by atoms with E-state index in [0.29, 0.717) is 17.8 Å². The highest BCUT2D eigenvalue weighted by Gasteiger charge is 2.16. The number of piperazine rings is 1. The fraction of sp³-hybridized carbons (Fsp3) is 0.400. The van der Waals surface area contributed by atoms with Crippen LogP contribution >= 0.6 is 0 Å². The second-order valence-corrected chi connectivity index (χ2v) is 4.09. The van der Waals surface area contributed by atoms with Crippen LogP contribution in [0.15, 0.2) is 18.5 Å². The highest BCUT2D eigenvalue weighted by molar-refractivity contribution is 5.39. The summed E-state index contributed by atoms with van der Waals surface area (Å²) in [5.41, 5.74) is 2.46. The van der Waals surface area contributed by atoms with Crippen LogP contribution in [-0.2, 0) is 0 Å². The molecule has 1 fully saturated rings. The van der Waals surface area contributed by atoms with Gasteiger partial charge < -0.3 is 10.2 Å². The van der Waals surface area contributed by atoms with Crippen molar-refractivity contribution < 1.29 is 0 Å². The molecule has 0 amide bonds. The van der Waals surface area contributed by atoms with Gasteiger partial charge in [0, 0.05) is 38.6 Å². The normalized spacial score (nSPS) is 15.5. The summed E-state index contributed by atoms with van der Waals surface area (Å²) in [6, 6.07) is 1.81. The zero-order valence-corrected chi connectivity index (χ0v) is 10.3. The van der Waals surface area contributed by atoms with Crippen molar-refractivity contribution in [2.45, 2.75) is 0 Å². The maximum atomic E-state index is 5.41. The molecule has 2 aromatic rings. The molecule has 0 saturated carbocycles. The van der Waals surface area contributed by atoms with Crippen LogP contribution in [0.2, 0.25) is 0 Å². The molecule has 3 heterocycles. The van der Waals surface area contributed by atoms with E-state index >= 15 is 0 Å². The summed E-state index contributed by atoms with van der Waals surface area (Å²) < 4.78 is 1.58. The van der Waals surface area contributed by atoms with Gasteiger partial charge >= 0.3 is 0 Å². The lowest BCUT2D eigenvalue weighted by atomic mass is 10.4. The van der Waals surface area contributed by atoms with Gasteiger partial charge in [-0.1, -0.05) is 0 Å². The molecule has 0 spiro atoms. The largest absolute Gasteiger partial charge is 0.338 e. The van der Waals surface area contributed by atoms with Crippen LogP contribution in [0.1, 0.15) is 0 Å². The Balaban J connectivity index is 1.97. The van der Waals surface area contributed by atoms with E-state index in [1.165, 1.54) is 0 Å². The molecule has 1 saturated heterocycles. The standard InChI is InChI=1S/C10H15N9/c11-17-8-14-9(18-6-3-12-4-7-18)16-10(15-8)19-5-1-2-13-19/h1-2,5,12H,3-4,6-7,11H2,(H,14,15,16,17). The molecule has 9 heteroatoms. The molecule has 4 N–H and O–H groups in total. The van der Waals surface area contributed by atoms with Crippen LogP contribution in [0.25, 0.3) is 5.95 Å². The van der Waals surface area contributed by atoms with Gasteiger partial charge in [0.15, 0.2) is 0 Å². The van der Waals surface area contributed by atoms with Crippen molar-refractivity contribution in [3.8, 4) is 5.95 Å². The van der Waals surface area contributed by atoms with Crippen LogP contribution in [0.4, 0.5) is 11.9 Å². The van der Waals surface area contributed by atoms with E-state index in [1.807, 2.05) is 6.07 Å². The minimum atomic E-state index is 0.328. The van der Waals surface area contributed by atoms with E-state index in [2.05, 4.69) is 35.7 Å². The molecule has 0 radical (unpaired) electrons. The second kappa shape index (κ2) is 5.16. The van der Waals surface area contributed by atoms with Gasteiger partial charge in [0.1, 0.15) is 0 Å². The van der Waals surface area contributed by atoms with Crippen LogP contribution in [0, 0.1) is 0 Å².